The maximum Gasteiger partial charge on any atom is 0.0499 e. The quantitative estimate of drug-likeness (QED) is 0.850. The topological polar surface area (TPSA) is 21.3 Å². The largest absolute Gasteiger partial charge is 0.384 e. The van der Waals surface area contributed by atoms with Crippen molar-refractivity contribution < 1.29 is 4.74 Å². The highest BCUT2D eigenvalue weighted by molar-refractivity contribution is 5.86. The minimum atomic E-state index is 0.352. The van der Waals surface area contributed by atoms with Gasteiger partial charge < -0.3 is 10.1 Å². The minimum Gasteiger partial charge on any atom is -0.384 e. The summed E-state index contributed by atoms with van der Waals surface area (Å²) in [6, 6.07) is 15.4. The van der Waals surface area contributed by atoms with Crippen molar-refractivity contribution in [2.75, 3.05) is 20.3 Å². The molecule has 19 heavy (non-hydrogen) atoms. The lowest BCUT2D eigenvalue weighted by atomic mass is 9.99. The summed E-state index contributed by atoms with van der Waals surface area (Å²) in [5, 5.41) is 6.24. The predicted octanol–water partition coefficient (Wildman–Crippen LogP) is 3.77. The summed E-state index contributed by atoms with van der Waals surface area (Å²) < 4.78 is 5.17. The Labute approximate surface area is 115 Å². The molecule has 102 valence electrons. The fourth-order valence-corrected chi connectivity index (χ4v) is 2.46. The third-order valence-corrected chi connectivity index (χ3v) is 3.51. The van der Waals surface area contributed by atoms with E-state index in [-0.39, 0.29) is 0 Å². The van der Waals surface area contributed by atoms with Crippen LogP contribution in [0.3, 0.4) is 0 Å². The van der Waals surface area contributed by atoms with Gasteiger partial charge in [-0.25, -0.2) is 0 Å². The van der Waals surface area contributed by atoms with Crippen molar-refractivity contribution in [3.8, 4) is 0 Å². The van der Waals surface area contributed by atoms with Crippen LogP contribution in [-0.2, 0) is 4.74 Å². The molecule has 2 atom stereocenters. The zero-order valence-electron chi connectivity index (χ0n) is 12.0. The van der Waals surface area contributed by atoms with Crippen molar-refractivity contribution in [1.82, 2.24) is 5.32 Å². The van der Waals surface area contributed by atoms with Crippen LogP contribution in [0.4, 0.5) is 0 Å². The lowest BCUT2D eigenvalue weighted by Crippen LogP contribution is -2.26. The van der Waals surface area contributed by atoms with E-state index in [0.29, 0.717) is 12.0 Å². The fraction of sp³-hybridized carbons (Fsp3) is 0.412. The van der Waals surface area contributed by atoms with Crippen LogP contribution in [0, 0.1) is 5.92 Å². The fourth-order valence-electron chi connectivity index (χ4n) is 2.46. The molecule has 2 aromatic rings. The molecule has 2 aromatic carbocycles. The number of rotatable bonds is 6. The first-order chi connectivity index (χ1) is 9.22. The van der Waals surface area contributed by atoms with E-state index in [1.807, 2.05) is 0 Å². The molecule has 0 bridgehead atoms. The number of nitrogens with one attached hydrogen (secondary N) is 1. The molecule has 0 aromatic heterocycles. The molecule has 0 heterocycles. The highest BCUT2D eigenvalue weighted by Crippen LogP contribution is 2.24. The monoisotopic (exact) mass is 257 g/mol. The van der Waals surface area contributed by atoms with Crippen LogP contribution in [0.2, 0.25) is 0 Å². The second-order valence-corrected chi connectivity index (χ2v) is 5.26. The van der Waals surface area contributed by atoms with E-state index >= 15 is 0 Å². The van der Waals surface area contributed by atoms with E-state index in [1.165, 1.54) is 16.3 Å². The van der Waals surface area contributed by atoms with E-state index in [4.69, 9.17) is 4.74 Å². The Balaban J connectivity index is 2.11. The van der Waals surface area contributed by atoms with E-state index in [1.54, 1.807) is 7.11 Å². The zero-order chi connectivity index (χ0) is 13.7. The van der Waals surface area contributed by atoms with Crippen molar-refractivity contribution in [3.05, 3.63) is 48.0 Å². The Morgan fingerprint density at radius 2 is 1.79 bits per heavy atom. The summed E-state index contributed by atoms with van der Waals surface area (Å²) in [4.78, 5) is 0. The van der Waals surface area contributed by atoms with Gasteiger partial charge in [0.05, 0.1) is 0 Å². The molecule has 0 fully saturated rings. The Bertz CT molecular complexity index is 518. The van der Waals surface area contributed by atoms with Crippen molar-refractivity contribution >= 4 is 10.8 Å². The molecule has 0 spiro atoms. The molecule has 0 amide bonds. The van der Waals surface area contributed by atoms with Crippen LogP contribution < -0.4 is 5.32 Å². The van der Waals surface area contributed by atoms with Crippen LogP contribution in [-0.4, -0.2) is 20.3 Å². The summed E-state index contributed by atoms with van der Waals surface area (Å²) in [6.45, 7) is 6.20. The lowest BCUT2D eigenvalue weighted by molar-refractivity contribution is 0.157. The molecule has 2 heteroatoms. The summed E-state index contributed by atoms with van der Waals surface area (Å²) in [5.41, 5.74) is 1.36. The standard InChI is InChI=1S/C17H23NO/c1-13(12-19-3)11-18-14(2)16-10-6-8-15-7-4-5-9-17(15)16/h4-10,13-14,18H,11-12H2,1-3H3. The molecule has 2 unspecified atom stereocenters. The number of ether oxygens (including phenoxy) is 1. The minimum absolute atomic E-state index is 0.352. The first-order valence-corrected chi connectivity index (χ1v) is 6.92. The first-order valence-electron chi connectivity index (χ1n) is 6.92. The first kappa shape index (κ1) is 14.0. The average molecular weight is 257 g/mol. The maximum absolute atomic E-state index is 5.17. The molecule has 0 aliphatic heterocycles. The van der Waals surface area contributed by atoms with Gasteiger partial charge in [-0.3, -0.25) is 0 Å². The van der Waals surface area contributed by atoms with Gasteiger partial charge in [0.15, 0.2) is 0 Å². The maximum atomic E-state index is 5.17. The van der Waals surface area contributed by atoms with Crippen LogP contribution in [0.25, 0.3) is 10.8 Å². The molecule has 0 saturated carbocycles. The molecule has 1 N–H and O–H groups in total. The second-order valence-electron chi connectivity index (χ2n) is 5.26. The normalized spacial score (nSPS) is 14.5. The van der Waals surface area contributed by atoms with Crippen LogP contribution in [0.15, 0.2) is 42.5 Å². The predicted molar refractivity (Wildman–Crippen MR) is 81.4 cm³/mol. The Morgan fingerprint density at radius 1 is 1.05 bits per heavy atom. The van der Waals surface area contributed by atoms with Gasteiger partial charge >= 0.3 is 0 Å². The van der Waals surface area contributed by atoms with Gasteiger partial charge in [0.25, 0.3) is 0 Å². The highest BCUT2D eigenvalue weighted by Gasteiger charge is 2.10. The van der Waals surface area contributed by atoms with E-state index in [2.05, 4.69) is 61.6 Å². The van der Waals surface area contributed by atoms with Gasteiger partial charge in [0, 0.05) is 26.3 Å². The van der Waals surface area contributed by atoms with Crippen molar-refractivity contribution in [1.29, 1.82) is 0 Å². The van der Waals surface area contributed by atoms with E-state index in [9.17, 15) is 0 Å². The van der Waals surface area contributed by atoms with Gasteiger partial charge in [-0.2, -0.15) is 0 Å². The molecule has 2 rings (SSSR count). The van der Waals surface area contributed by atoms with Crippen molar-refractivity contribution in [2.24, 2.45) is 5.92 Å². The average Bonchev–Trinajstić information content (AvgIpc) is 2.44. The third-order valence-electron chi connectivity index (χ3n) is 3.51. The smallest absolute Gasteiger partial charge is 0.0499 e. The lowest BCUT2D eigenvalue weighted by Gasteiger charge is -2.19. The van der Waals surface area contributed by atoms with Crippen LogP contribution in [0.1, 0.15) is 25.5 Å². The molecule has 0 aliphatic carbocycles. The van der Waals surface area contributed by atoms with Gasteiger partial charge in [-0.15, -0.1) is 0 Å². The van der Waals surface area contributed by atoms with E-state index < -0.39 is 0 Å². The summed E-state index contributed by atoms with van der Waals surface area (Å²) in [5.74, 6) is 0.530. The van der Waals surface area contributed by atoms with Crippen LogP contribution in [0.5, 0.6) is 0 Å². The van der Waals surface area contributed by atoms with Gasteiger partial charge in [-0.05, 0) is 29.2 Å². The molecule has 2 nitrogen and oxygen atoms in total. The molecule has 0 aliphatic rings. The second kappa shape index (κ2) is 6.69. The third kappa shape index (κ3) is 3.55. The highest BCUT2D eigenvalue weighted by atomic mass is 16.5. The molecule has 0 saturated heterocycles. The zero-order valence-corrected chi connectivity index (χ0v) is 12.0. The van der Waals surface area contributed by atoms with Gasteiger partial charge in [0.1, 0.15) is 0 Å². The van der Waals surface area contributed by atoms with Crippen LogP contribution >= 0.6 is 0 Å². The molecular formula is C17H23NO. The summed E-state index contributed by atoms with van der Waals surface area (Å²) in [7, 11) is 1.75. The summed E-state index contributed by atoms with van der Waals surface area (Å²) in [6.07, 6.45) is 0. The Kier molecular flexibility index (Phi) is 4.94. The number of benzene rings is 2. The van der Waals surface area contributed by atoms with Gasteiger partial charge in [0.2, 0.25) is 0 Å². The van der Waals surface area contributed by atoms with Crippen molar-refractivity contribution in [2.45, 2.75) is 19.9 Å². The van der Waals surface area contributed by atoms with E-state index in [0.717, 1.165) is 13.2 Å². The number of fused-ring (bicyclic) bond motifs is 1. The number of methoxy groups -OCH3 is 1. The SMILES string of the molecule is COCC(C)CNC(C)c1cccc2ccccc12. The molecule has 0 radical (unpaired) electrons. The van der Waals surface area contributed by atoms with Gasteiger partial charge in [-0.1, -0.05) is 49.4 Å². The Hall–Kier alpha value is -1.38. The number of hydrogen-bond acceptors (Lipinski definition) is 2. The van der Waals surface area contributed by atoms with Crippen molar-refractivity contribution in [3.63, 3.8) is 0 Å². The summed E-state index contributed by atoms with van der Waals surface area (Å²) >= 11 is 0. The Morgan fingerprint density at radius 3 is 2.58 bits per heavy atom. The molecular weight excluding hydrogens is 234 g/mol. The number of hydrogen-bond donors (Lipinski definition) is 1.